The third kappa shape index (κ3) is 3.00. The van der Waals surface area contributed by atoms with Gasteiger partial charge in [0.2, 0.25) is 0 Å². The number of nitrogens with one attached hydrogen (secondary N) is 1. The second-order valence-corrected chi connectivity index (χ2v) is 4.36. The van der Waals surface area contributed by atoms with E-state index in [2.05, 4.69) is 26.2 Å². The van der Waals surface area contributed by atoms with Gasteiger partial charge in [-0.3, -0.25) is 4.79 Å². The van der Waals surface area contributed by atoms with Gasteiger partial charge < -0.3 is 10.1 Å². The molecule has 0 unspecified atom stereocenters. The molecule has 0 saturated heterocycles. The van der Waals surface area contributed by atoms with Crippen molar-refractivity contribution in [3.05, 3.63) is 22.8 Å². The predicted molar refractivity (Wildman–Crippen MR) is 61.7 cm³/mol. The van der Waals surface area contributed by atoms with Crippen LogP contribution in [-0.4, -0.2) is 23.6 Å². The maximum absolute atomic E-state index is 11.7. The first kappa shape index (κ1) is 12.1. The molecular formula is C10H13BrN2O2. The summed E-state index contributed by atoms with van der Waals surface area (Å²) in [5.74, 6) is 0.261. The molecule has 1 rings (SSSR count). The van der Waals surface area contributed by atoms with Crippen molar-refractivity contribution in [2.24, 2.45) is 0 Å². The summed E-state index contributed by atoms with van der Waals surface area (Å²) in [6, 6.07) is 3.59. The number of pyridine rings is 1. The summed E-state index contributed by atoms with van der Waals surface area (Å²) < 4.78 is 5.80. The van der Waals surface area contributed by atoms with E-state index < -0.39 is 5.60 Å². The Balaban J connectivity index is 2.80. The molecule has 0 bridgehead atoms. The Labute approximate surface area is 97.2 Å². The number of halogens is 1. The molecule has 0 fully saturated rings. The van der Waals surface area contributed by atoms with Gasteiger partial charge in [0.1, 0.15) is 11.4 Å². The molecule has 1 aromatic rings. The van der Waals surface area contributed by atoms with Crippen molar-refractivity contribution >= 4 is 27.7 Å². The number of hydrogen-bond acceptors (Lipinski definition) is 3. The molecule has 0 saturated carbocycles. The van der Waals surface area contributed by atoms with Gasteiger partial charge in [0.05, 0.1) is 4.47 Å². The van der Waals surface area contributed by atoms with Crippen LogP contribution in [0.3, 0.4) is 0 Å². The van der Waals surface area contributed by atoms with Crippen LogP contribution in [0.15, 0.2) is 22.8 Å². The molecule has 0 aliphatic rings. The first-order valence-corrected chi connectivity index (χ1v) is 5.24. The Bertz CT molecular complexity index is 366. The molecule has 1 N–H and O–H groups in total. The molecule has 15 heavy (non-hydrogen) atoms. The highest BCUT2D eigenvalue weighted by Crippen LogP contribution is 2.20. The van der Waals surface area contributed by atoms with Crippen LogP contribution < -0.4 is 5.32 Å². The molecule has 5 heteroatoms. The molecule has 1 amide bonds. The number of aromatic nitrogens is 1. The molecule has 1 aromatic heterocycles. The Morgan fingerprint density at radius 3 is 2.80 bits per heavy atom. The van der Waals surface area contributed by atoms with E-state index >= 15 is 0 Å². The summed E-state index contributed by atoms with van der Waals surface area (Å²) in [7, 11) is 1.49. The van der Waals surface area contributed by atoms with Crippen molar-refractivity contribution in [3.63, 3.8) is 0 Å². The molecule has 0 spiro atoms. The number of carbonyl (C=O) groups excluding carboxylic acids is 1. The van der Waals surface area contributed by atoms with E-state index in [1.165, 1.54) is 7.11 Å². The highest BCUT2D eigenvalue weighted by molar-refractivity contribution is 9.10. The number of nitrogens with zero attached hydrogens (tertiary/aromatic N) is 1. The Morgan fingerprint density at radius 1 is 1.60 bits per heavy atom. The zero-order chi connectivity index (χ0) is 11.5. The van der Waals surface area contributed by atoms with E-state index in [-0.39, 0.29) is 5.91 Å². The average Bonchev–Trinajstić information content (AvgIpc) is 2.21. The molecule has 0 radical (unpaired) electrons. The van der Waals surface area contributed by atoms with E-state index in [0.717, 1.165) is 4.47 Å². The van der Waals surface area contributed by atoms with E-state index in [9.17, 15) is 4.79 Å². The lowest BCUT2D eigenvalue weighted by molar-refractivity contribution is -0.133. The lowest BCUT2D eigenvalue weighted by Gasteiger charge is -2.21. The molecule has 1 heterocycles. The van der Waals surface area contributed by atoms with Crippen LogP contribution in [0.25, 0.3) is 0 Å². The molecule has 82 valence electrons. The number of methoxy groups -OCH3 is 1. The monoisotopic (exact) mass is 272 g/mol. The highest BCUT2D eigenvalue weighted by Gasteiger charge is 2.27. The summed E-state index contributed by atoms with van der Waals surface area (Å²) in [6.07, 6.45) is 1.61. The number of carbonyl (C=O) groups is 1. The molecule has 0 aliphatic carbocycles. The smallest absolute Gasteiger partial charge is 0.257 e. The van der Waals surface area contributed by atoms with Gasteiger partial charge in [-0.25, -0.2) is 4.98 Å². The minimum Gasteiger partial charge on any atom is -0.369 e. The number of anilines is 1. The Morgan fingerprint density at radius 2 is 2.27 bits per heavy atom. The topological polar surface area (TPSA) is 51.2 Å². The Hall–Kier alpha value is -0.940. The van der Waals surface area contributed by atoms with Gasteiger partial charge in [-0.05, 0) is 41.9 Å². The largest absolute Gasteiger partial charge is 0.369 e. The highest BCUT2D eigenvalue weighted by atomic mass is 79.9. The molecule has 0 aromatic carbocycles. The predicted octanol–water partition coefficient (Wildman–Crippen LogP) is 2.21. The third-order valence-electron chi connectivity index (χ3n) is 2.05. The van der Waals surface area contributed by atoms with Crippen LogP contribution in [0.4, 0.5) is 5.82 Å². The lowest BCUT2D eigenvalue weighted by Crippen LogP contribution is -2.39. The van der Waals surface area contributed by atoms with Gasteiger partial charge in [-0.2, -0.15) is 0 Å². The average molecular weight is 273 g/mol. The second-order valence-electron chi connectivity index (χ2n) is 3.50. The fourth-order valence-electron chi connectivity index (χ4n) is 0.828. The molecule has 0 aliphatic heterocycles. The van der Waals surface area contributed by atoms with E-state index in [4.69, 9.17) is 4.74 Å². The van der Waals surface area contributed by atoms with Crippen LogP contribution in [0.2, 0.25) is 0 Å². The van der Waals surface area contributed by atoms with Crippen LogP contribution in [-0.2, 0) is 9.53 Å². The van der Waals surface area contributed by atoms with E-state index in [0.29, 0.717) is 5.82 Å². The van der Waals surface area contributed by atoms with Gasteiger partial charge >= 0.3 is 0 Å². The number of rotatable bonds is 3. The summed E-state index contributed by atoms with van der Waals surface area (Å²) in [5.41, 5.74) is -0.864. The first-order chi connectivity index (χ1) is 6.97. The number of amides is 1. The van der Waals surface area contributed by atoms with Crippen molar-refractivity contribution in [2.75, 3.05) is 12.4 Å². The van der Waals surface area contributed by atoms with Gasteiger partial charge in [-0.15, -0.1) is 0 Å². The van der Waals surface area contributed by atoms with Crippen LogP contribution in [0, 0.1) is 0 Å². The zero-order valence-corrected chi connectivity index (χ0v) is 10.5. The maximum Gasteiger partial charge on any atom is 0.257 e. The first-order valence-electron chi connectivity index (χ1n) is 4.44. The maximum atomic E-state index is 11.7. The normalized spacial score (nSPS) is 11.2. The van der Waals surface area contributed by atoms with Crippen molar-refractivity contribution in [1.29, 1.82) is 0 Å². The summed E-state index contributed by atoms with van der Waals surface area (Å²) in [6.45, 7) is 3.39. The van der Waals surface area contributed by atoms with Gasteiger partial charge in [-0.1, -0.05) is 0 Å². The summed E-state index contributed by atoms with van der Waals surface area (Å²) in [5, 5.41) is 2.68. The number of hydrogen-bond donors (Lipinski definition) is 1. The summed E-state index contributed by atoms with van der Waals surface area (Å²) in [4.78, 5) is 15.8. The van der Waals surface area contributed by atoms with E-state index in [1.807, 2.05) is 6.07 Å². The second kappa shape index (κ2) is 4.72. The third-order valence-corrected chi connectivity index (χ3v) is 2.69. The fraction of sp³-hybridized carbons (Fsp3) is 0.400. The van der Waals surface area contributed by atoms with Gasteiger partial charge in [0.25, 0.3) is 5.91 Å². The van der Waals surface area contributed by atoms with Crippen LogP contribution >= 0.6 is 15.9 Å². The van der Waals surface area contributed by atoms with Crippen LogP contribution in [0.5, 0.6) is 0 Å². The standard InChI is InChI=1S/C10H13BrN2O2/c1-10(2,15-3)9(14)13-8-7(11)5-4-6-12-8/h4-6H,1-3H3,(H,12,13,14). The Kier molecular flexibility index (Phi) is 3.82. The minimum atomic E-state index is -0.864. The van der Waals surface area contributed by atoms with Crippen molar-refractivity contribution in [2.45, 2.75) is 19.4 Å². The van der Waals surface area contributed by atoms with Crippen molar-refractivity contribution < 1.29 is 9.53 Å². The van der Waals surface area contributed by atoms with Gasteiger partial charge in [0, 0.05) is 13.3 Å². The molecule has 0 atom stereocenters. The SMILES string of the molecule is COC(C)(C)C(=O)Nc1ncccc1Br. The minimum absolute atomic E-state index is 0.232. The molecule has 4 nitrogen and oxygen atoms in total. The summed E-state index contributed by atoms with van der Waals surface area (Å²) >= 11 is 3.30. The van der Waals surface area contributed by atoms with Gasteiger partial charge in [0.15, 0.2) is 0 Å². The lowest BCUT2D eigenvalue weighted by atomic mass is 10.1. The van der Waals surface area contributed by atoms with Crippen LogP contribution in [0.1, 0.15) is 13.8 Å². The van der Waals surface area contributed by atoms with Crippen molar-refractivity contribution in [3.8, 4) is 0 Å². The fourth-order valence-corrected chi connectivity index (χ4v) is 1.18. The zero-order valence-electron chi connectivity index (χ0n) is 8.87. The van der Waals surface area contributed by atoms with Crippen molar-refractivity contribution in [1.82, 2.24) is 4.98 Å². The van der Waals surface area contributed by atoms with E-state index in [1.54, 1.807) is 26.1 Å². The quantitative estimate of drug-likeness (QED) is 0.918. The number of ether oxygens (including phenoxy) is 1. The molecular weight excluding hydrogens is 260 g/mol.